The molecule has 1 amide bonds. The van der Waals surface area contributed by atoms with E-state index in [2.05, 4.69) is 20.5 Å². The monoisotopic (exact) mass is 398 g/mol. The van der Waals surface area contributed by atoms with Crippen molar-refractivity contribution >= 4 is 33.7 Å². The van der Waals surface area contributed by atoms with E-state index in [-0.39, 0.29) is 5.91 Å². The lowest BCUT2D eigenvalue weighted by Gasteiger charge is -2.05. The predicted octanol–water partition coefficient (Wildman–Crippen LogP) is 4.39. The van der Waals surface area contributed by atoms with Crippen LogP contribution >= 0.6 is 22.7 Å². The number of amides is 1. The second-order valence-corrected chi connectivity index (χ2v) is 7.62. The average molecular weight is 398 g/mol. The van der Waals surface area contributed by atoms with Crippen LogP contribution in [0.3, 0.4) is 0 Å². The van der Waals surface area contributed by atoms with Gasteiger partial charge >= 0.3 is 0 Å². The van der Waals surface area contributed by atoms with E-state index < -0.39 is 0 Å². The van der Waals surface area contributed by atoms with Crippen molar-refractivity contribution in [2.45, 2.75) is 13.5 Å². The van der Waals surface area contributed by atoms with E-state index in [1.54, 1.807) is 30.5 Å². The van der Waals surface area contributed by atoms with Gasteiger partial charge in [-0.15, -0.1) is 21.5 Å². The standard InChI is InChI=1S/C18H14N4O3S2/c1-11-21-22-18(27-11)20-17(23)12-4-6-13(7-5-12)25-9-16-19-14(10-26-16)15-3-2-8-24-15/h2-8,10H,9H2,1H3,(H,20,22,23). The summed E-state index contributed by atoms with van der Waals surface area (Å²) in [7, 11) is 0. The number of thiazole rings is 1. The highest BCUT2D eigenvalue weighted by Gasteiger charge is 2.10. The molecule has 0 aliphatic rings. The first-order valence-corrected chi connectivity index (χ1v) is 9.69. The number of rotatable bonds is 6. The molecule has 0 aliphatic heterocycles. The number of anilines is 1. The number of ether oxygens (including phenoxy) is 1. The number of aryl methyl sites for hydroxylation is 1. The second-order valence-electron chi connectivity index (χ2n) is 5.50. The van der Waals surface area contributed by atoms with Crippen LogP contribution < -0.4 is 10.1 Å². The molecule has 4 aromatic rings. The van der Waals surface area contributed by atoms with Crippen LogP contribution in [-0.2, 0) is 6.61 Å². The minimum absolute atomic E-state index is 0.235. The molecule has 7 nitrogen and oxygen atoms in total. The quantitative estimate of drug-likeness (QED) is 0.518. The van der Waals surface area contributed by atoms with E-state index in [9.17, 15) is 4.79 Å². The van der Waals surface area contributed by atoms with Gasteiger partial charge in [-0.05, 0) is 43.3 Å². The van der Waals surface area contributed by atoms with Gasteiger partial charge in [0.2, 0.25) is 5.13 Å². The molecule has 0 unspecified atom stereocenters. The molecule has 136 valence electrons. The number of nitrogens with one attached hydrogen (secondary N) is 1. The molecule has 3 aromatic heterocycles. The van der Waals surface area contributed by atoms with Gasteiger partial charge in [-0.25, -0.2) is 4.98 Å². The third-order valence-corrected chi connectivity index (χ3v) is 5.13. The fourth-order valence-corrected chi connectivity index (χ4v) is 3.56. The first kappa shape index (κ1) is 17.4. The number of aromatic nitrogens is 3. The van der Waals surface area contributed by atoms with Crippen molar-refractivity contribution in [2.75, 3.05) is 5.32 Å². The van der Waals surface area contributed by atoms with E-state index in [0.717, 1.165) is 21.5 Å². The summed E-state index contributed by atoms with van der Waals surface area (Å²) in [5, 5.41) is 14.5. The predicted molar refractivity (Wildman–Crippen MR) is 103 cm³/mol. The molecule has 0 fully saturated rings. The maximum absolute atomic E-state index is 12.2. The molecule has 0 saturated heterocycles. The van der Waals surface area contributed by atoms with Crippen molar-refractivity contribution < 1.29 is 13.9 Å². The van der Waals surface area contributed by atoms with Crippen LogP contribution in [0.25, 0.3) is 11.5 Å². The Balaban J connectivity index is 1.34. The highest BCUT2D eigenvalue weighted by Crippen LogP contribution is 2.23. The SMILES string of the molecule is Cc1nnc(NC(=O)c2ccc(OCc3nc(-c4ccco4)cs3)cc2)s1. The first-order chi connectivity index (χ1) is 13.2. The van der Waals surface area contributed by atoms with Gasteiger partial charge in [0.1, 0.15) is 28.1 Å². The van der Waals surface area contributed by atoms with Crippen LogP contribution in [-0.4, -0.2) is 21.1 Å². The molecule has 0 saturated carbocycles. The van der Waals surface area contributed by atoms with Crippen molar-refractivity contribution in [1.82, 2.24) is 15.2 Å². The van der Waals surface area contributed by atoms with Crippen LogP contribution in [0.4, 0.5) is 5.13 Å². The van der Waals surface area contributed by atoms with Gasteiger partial charge in [-0.1, -0.05) is 11.3 Å². The van der Waals surface area contributed by atoms with Gasteiger partial charge in [-0.2, -0.15) is 0 Å². The lowest BCUT2D eigenvalue weighted by molar-refractivity contribution is 0.102. The Morgan fingerprint density at radius 3 is 2.78 bits per heavy atom. The van der Waals surface area contributed by atoms with Crippen molar-refractivity contribution in [2.24, 2.45) is 0 Å². The summed E-state index contributed by atoms with van der Waals surface area (Å²) in [5.41, 5.74) is 1.31. The first-order valence-electron chi connectivity index (χ1n) is 8.00. The largest absolute Gasteiger partial charge is 0.486 e. The summed E-state index contributed by atoms with van der Waals surface area (Å²) in [4.78, 5) is 16.7. The van der Waals surface area contributed by atoms with Crippen LogP contribution in [0.1, 0.15) is 20.4 Å². The van der Waals surface area contributed by atoms with Crippen LogP contribution in [0, 0.1) is 6.92 Å². The fraction of sp³-hybridized carbons (Fsp3) is 0.111. The number of carbonyl (C=O) groups excluding carboxylic acids is 1. The van der Waals surface area contributed by atoms with Crippen molar-refractivity contribution in [3.63, 3.8) is 0 Å². The van der Waals surface area contributed by atoms with Crippen LogP contribution in [0.5, 0.6) is 5.75 Å². The molecule has 0 aliphatic carbocycles. The summed E-state index contributed by atoms with van der Waals surface area (Å²) in [5.74, 6) is 1.16. The van der Waals surface area contributed by atoms with E-state index >= 15 is 0 Å². The third kappa shape index (κ3) is 4.21. The zero-order chi connectivity index (χ0) is 18.6. The topological polar surface area (TPSA) is 90.1 Å². The Kier molecular flexibility index (Phi) is 4.95. The highest BCUT2D eigenvalue weighted by atomic mass is 32.1. The Morgan fingerprint density at radius 1 is 1.22 bits per heavy atom. The summed E-state index contributed by atoms with van der Waals surface area (Å²) in [6.07, 6.45) is 1.62. The van der Waals surface area contributed by atoms with E-state index in [0.29, 0.717) is 23.1 Å². The van der Waals surface area contributed by atoms with Gasteiger partial charge in [0.15, 0.2) is 5.76 Å². The molecule has 0 atom stereocenters. The number of benzene rings is 1. The average Bonchev–Trinajstić information content (AvgIpc) is 3.42. The van der Waals surface area contributed by atoms with Gasteiger partial charge < -0.3 is 9.15 Å². The Labute approximate surface area is 162 Å². The summed E-state index contributed by atoms with van der Waals surface area (Å²) < 4.78 is 11.1. The van der Waals surface area contributed by atoms with Crippen LogP contribution in [0.15, 0.2) is 52.5 Å². The lowest BCUT2D eigenvalue weighted by Crippen LogP contribution is -2.11. The maximum Gasteiger partial charge on any atom is 0.257 e. The molecule has 9 heteroatoms. The number of nitrogens with zero attached hydrogens (tertiary/aromatic N) is 3. The van der Waals surface area contributed by atoms with Gasteiger partial charge in [-0.3, -0.25) is 10.1 Å². The lowest BCUT2D eigenvalue weighted by atomic mass is 10.2. The Hall–Kier alpha value is -3.04. The molecule has 0 spiro atoms. The van der Waals surface area contributed by atoms with Crippen molar-refractivity contribution in [1.29, 1.82) is 0 Å². The molecular formula is C18H14N4O3S2. The van der Waals surface area contributed by atoms with Crippen molar-refractivity contribution in [3.8, 4) is 17.2 Å². The highest BCUT2D eigenvalue weighted by molar-refractivity contribution is 7.15. The maximum atomic E-state index is 12.2. The molecule has 0 radical (unpaired) electrons. The number of furan rings is 1. The molecule has 27 heavy (non-hydrogen) atoms. The van der Waals surface area contributed by atoms with E-state index in [1.165, 1.54) is 22.7 Å². The summed E-state index contributed by atoms with van der Waals surface area (Å²) >= 11 is 2.84. The molecule has 4 rings (SSSR count). The van der Waals surface area contributed by atoms with Gasteiger partial charge in [0.05, 0.1) is 6.26 Å². The van der Waals surface area contributed by atoms with Crippen LogP contribution in [0.2, 0.25) is 0 Å². The smallest absolute Gasteiger partial charge is 0.257 e. The fourth-order valence-electron chi connectivity index (χ4n) is 2.28. The Bertz CT molecular complexity index is 1040. The van der Waals surface area contributed by atoms with Crippen molar-refractivity contribution in [3.05, 3.63) is 63.6 Å². The van der Waals surface area contributed by atoms with E-state index in [4.69, 9.17) is 9.15 Å². The number of carbonyl (C=O) groups is 1. The van der Waals surface area contributed by atoms with Gasteiger partial charge in [0.25, 0.3) is 5.91 Å². The number of hydrogen-bond donors (Lipinski definition) is 1. The molecule has 1 N–H and O–H groups in total. The minimum Gasteiger partial charge on any atom is -0.486 e. The zero-order valence-corrected chi connectivity index (χ0v) is 15.8. The molecule has 3 heterocycles. The molecule has 0 bridgehead atoms. The van der Waals surface area contributed by atoms with E-state index in [1.807, 2.05) is 24.4 Å². The Morgan fingerprint density at radius 2 is 2.07 bits per heavy atom. The molecular weight excluding hydrogens is 384 g/mol. The normalized spacial score (nSPS) is 10.7. The summed E-state index contributed by atoms with van der Waals surface area (Å²) in [6, 6.07) is 10.6. The zero-order valence-electron chi connectivity index (χ0n) is 14.2. The summed E-state index contributed by atoms with van der Waals surface area (Å²) in [6.45, 7) is 2.18. The number of hydrogen-bond acceptors (Lipinski definition) is 8. The second kappa shape index (κ2) is 7.68. The third-order valence-electron chi connectivity index (χ3n) is 3.55. The minimum atomic E-state index is -0.235. The van der Waals surface area contributed by atoms with Gasteiger partial charge in [0, 0.05) is 10.9 Å². The molecule has 1 aromatic carbocycles.